The van der Waals surface area contributed by atoms with Crippen molar-refractivity contribution in [3.63, 3.8) is 0 Å². The van der Waals surface area contributed by atoms with E-state index in [0.717, 1.165) is 17.7 Å². The van der Waals surface area contributed by atoms with Gasteiger partial charge in [0, 0.05) is 23.7 Å². The van der Waals surface area contributed by atoms with Gasteiger partial charge in [0.1, 0.15) is 5.75 Å². The van der Waals surface area contributed by atoms with Crippen LogP contribution in [0.1, 0.15) is 29.3 Å². The molecule has 1 aliphatic carbocycles. The minimum Gasteiger partial charge on any atom is -0.496 e. The Balaban J connectivity index is 1.54. The topological polar surface area (TPSA) is 67.4 Å². The van der Waals surface area contributed by atoms with E-state index in [0.29, 0.717) is 30.1 Å². The van der Waals surface area contributed by atoms with Crippen LogP contribution in [0.2, 0.25) is 0 Å². The largest absolute Gasteiger partial charge is 0.496 e. The maximum atomic E-state index is 12.4. The molecule has 0 bridgehead atoms. The molecule has 1 fully saturated rings. The molecule has 26 heavy (non-hydrogen) atoms. The van der Waals surface area contributed by atoms with Crippen LogP contribution in [0.5, 0.6) is 5.75 Å². The number of anilines is 1. The molecule has 3 rings (SSSR count). The molecule has 2 aromatic carbocycles. The van der Waals surface area contributed by atoms with Crippen LogP contribution in [0.25, 0.3) is 0 Å². The van der Waals surface area contributed by atoms with E-state index in [4.69, 9.17) is 4.74 Å². The van der Waals surface area contributed by atoms with Gasteiger partial charge in [-0.3, -0.25) is 9.59 Å². The third kappa shape index (κ3) is 4.42. The Morgan fingerprint density at radius 3 is 2.65 bits per heavy atom. The summed E-state index contributed by atoms with van der Waals surface area (Å²) in [5.74, 6) is 1.26. The van der Waals surface area contributed by atoms with Crippen LogP contribution in [0, 0.1) is 11.8 Å². The standard InChI is InChI=1S/C21H24N2O3/c1-14-12-18(14)21(25)23-17-8-5-7-16(13-17)20(24)22-11-10-15-6-3-4-9-19(15)26-2/h3-9,13-14,18H,10-12H2,1-2H3,(H,22,24)(H,23,25)/t14-,18-/m1/s1. The summed E-state index contributed by atoms with van der Waals surface area (Å²) in [6.45, 7) is 2.57. The van der Waals surface area contributed by atoms with Crippen molar-refractivity contribution in [3.05, 3.63) is 59.7 Å². The van der Waals surface area contributed by atoms with Gasteiger partial charge in [0.05, 0.1) is 7.11 Å². The molecule has 0 radical (unpaired) electrons. The van der Waals surface area contributed by atoms with Crippen LogP contribution >= 0.6 is 0 Å². The fourth-order valence-electron chi connectivity index (χ4n) is 2.98. The summed E-state index contributed by atoms with van der Waals surface area (Å²) in [6, 6.07) is 14.8. The Kier molecular flexibility index (Phi) is 5.56. The maximum absolute atomic E-state index is 12.4. The molecule has 0 aromatic heterocycles. The Morgan fingerprint density at radius 1 is 1.15 bits per heavy atom. The lowest BCUT2D eigenvalue weighted by Gasteiger charge is -2.10. The van der Waals surface area contributed by atoms with Crippen molar-refractivity contribution in [2.75, 3.05) is 19.0 Å². The molecule has 5 nitrogen and oxygen atoms in total. The van der Waals surface area contributed by atoms with Crippen molar-refractivity contribution >= 4 is 17.5 Å². The predicted octanol–water partition coefficient (Wildman–Crippen LogP) is 3.26. The molecular weight excluding hydrogens is 328 g/mol. The minimum absolute atomic E-state index is 0.0335. The summed E-state index contributed by atoms with van der Waals surface area (Å²) in [6.07, 6.45) is 1.63. The lowest BCUT2D eigenvalue weighted by atomic mass is 10.1. The fraction of sp³-hybridized carbons (Fsp3) is 0.333. The lowest BCUT2D eigenvalue weighted by Crippen LogP contribution is -2.26. The first-order valence-corrected chi connectivity index (χ1v) is 8.89. The second-order valence-electron chi connectivity index (χ2n) is 6.71. The van der Waals surface area contributed by atoms with Crippen LogP contribution in [0.3, 0.4) is 0 Å². The fourth-order valence-corrected chi connectivity index (χ4v) is 2.98. The predicted molar refractivity (Wildman–Crippen MR) is 101 cm³/mol. The quantitative estimate of drug-likeness (QED) is 0.804. The average Bonchev–Trinajstić information content (AvgIpc) is 3.39. The van der Waals surface area contributed by atoms with E-state index >= 15 is 0 Å². The molecule has 2 amide bonds. The molecule has 2 N–H and O–H groups in total. The molecule has 0 saturated heterocycles. The summed E-state index contributed by atoms with van der Waals surface area (Å²) >= 11 is 0. The molecule has 5 heteroatoms. The van der Waals surface area contributed by atoms with Gasteiger partial charge < -0.3 is 15.4 Å². The molecule has 1 aliphatic rings. The number of hydrogen-bond donors (Lipinski definition) is 2. The number of para-hydroxylation sites is 1. The highest BCUT2D eigenvalue weighted by Gasteiger charge is 2.39. The van der Waals surface area contributed by atoms with Crippen molar-refractivity contribution in [3.8, 4) is 5.75 Å². The zero-order valence-corrected chi connectivity index (χ0v) is 15.1. The first kappa shape index (κ1) is 18.0. The molecule has 0 unspecified atom stereocenters. The van der Waals surface area contributed by atoms with Crippen LogP contribution < -0.4 is 15.4 Å². The van der Waals surface area contributed by atoms with Crippen molar-refractivity contribution in [1.29, 1.82) is 0 Å². The first-order chi connectivity index (χ1) is 12.6. The summed E-state index contributed by atoms with van der Waals surface area (Å²) in [5, 5.41) is 5.81. The van der Waals surface area contributed by atoms with Gasteiger partial charge in [-0.15, -0.1) is 0 Å². The summed E-state index contributed by atoms with van der Waals surface area (Å²) in [4.78, 5) is 24.4. The second-order valence-corrected chi connectivity index (χ2v) is 6.71. The summed E-state index contributed by atoms with van der Waals surface area (Å²) < 4.78 is 5.32. The van der Waals surface area contributed by atoms with Crippen LogP contribution in [0.4, 0.5) is 5.69 Å². The van der Waals surface area contributed by atoms with E-state index in [9.17, 15) is 9.59 Å². The van der Waals surface area contributed by atoms with Crippen molar-refractivity contribution in [1.82, 2.24) is 5.32 Å². The lowest BCUT2D eigenvalue weighted by molar-refractivity contribution is -0.117. The third-order valence-corrected chi connectivity index (χ3v) is 4.71. The normalized spacial score (nSPS) is 18.1. The number of benzene rings is 2. The van der Waals surface area contributed by atoms with E-state index in [1.54, 1.807) is 31.4 Å². The number of ether oxygens (including phenoxy) is 1. The molecule has 136 valence electrons. The number of nitrogens with one attached hydrogen (secondary N) is 2. The number of rotatable bonds is 7. The van der Waals surface area contributed by atoms with E-state index in [1.807, 2.05) is 24.3 Å². The van der Waals surface area contributed by atoms with Gasteiger partial charge in [0.2, 0.25) is 5.91 Å². The van der Waals surface area contributed by atoms with Crippen LogP contribution in [-0.4, -0.2) is 25.5 Å². The van der Waals surface area contributed by atoms with E-state index < -0.39 is 0 Å². The zero-order valence-electron chi connectivity index (χ0n) is 15.1. The first-order valence-electron chi connectivity index (χ1n) is 8.89. The molecular formula is C21H24N2O3. The highest BCUT2D eigenvalue weighted by atomic mass is 16.5. The molecule has 1 saturated carbocycles. The van der Waals surface area contributed by atoms with Gasteiger partial charge in [-0.05, 0) is 48.6 Å². The minimum atomic E-state index is -0.157. The van der Waals surface area contributed by atoms with E-state index in [1.165, 1.54) is 0 Å². The number of carbonyl (C=O) groups is 2. The highest BCUT2D eigenvalue weighted by molar-refractivity contribution is 5.98. The Hall–Kier alpha value is -2.82. The summed E-state index contributed by atoms with van der Waals surface area (Å²) in [7, 11) is 1.64. The maximum Gasteiger partial charge on any atom is 0.251 e. The number of carbonyl (C=O) groups excluding carboxylic acids is 2. The second kappa shape index (κ2) is 8.04. The SMILES string of the molecule is COc1ccccc1CCNC(=O)c1cccc(NC(=O)[C@@H]2C[C@H]2C)c1. The number of hydrogen-bond acceptors (Lipinski definition) is 3. The molecule has 0 spiro atoms. The molecule has 0 aliphatic heterocycles. The summed E-state index contributed by atoms with van der Waals surface area (Å²) in [5.41, 5.74) is 2.24. The average molecular weight is 352 g/mol. The van der Waals surface area contributed by atoms with Crippen molar-refractivity contribution in [2.45, 2.75) is 19.8 Å². The highest BCUT2D eigenvalue weighted by Crippen LogP contribution is 2.38. The van der Waals surface area contributed by atoms with Crippen molar-refractivity contribution < 1.29 is 14.3 Å². The zero-order chi connectivity index (χ0) is 18.5. The van der Waals surface area contributed by atoms with Crippen LogP contribution in [-0.2, 0) is 11.2 Å². The number of methoxy groups -OCH3 is 1. The van der Waals surface area contributed by atoms with Gasteiger partial charge in [-0.2, -0.15) is 0 Å². The van der Waals surface area contributed by atoms with Gasteiger partial charge >= 0.3 is 0 Å². The number of amides is 2. The van der Waals surface area contributed by atoms with Gasteiger partial charge in [-0.1, -0.05) is 31.2 Å². The Bertz CT molecular complexity index is 803. The molecule has 2 aromatic rings. The van der Waals surface area contributed by atoms with E-state index in [-0.39, 0.29) is 17.7 Å². The third-order valence-electron chi connectivity index (χ3n) is 4.71. The van der Waals surface area contributed by atoms with Gasteiger partial charge in [-0.25, -0.2) is 0 Å². The Labute approximate surface area is 153 Å². The van der Waals surface area contributed by atoms with Crippen molar-refractivity contribution in [2.24, 2.45) is 11.8 Å². The Morgan fingerprint density at radius 2 is 1.92 bits per heavy atom. The van der Waals surface area contributed by atoms with Crippen LogP contribution in [0.15, 0.2) is 48.5 Å². The van der Waals surface area contributed by atoms with Gasteiger partial charge in [0.25, 0.3) is 5.91 Å². The smallest absolute Gasteiger partial charge is 0.251 e. The molecule has 2 atom stereocenters. The van der Waals surface area contributed by atoms with Gasteiger partial charge in [0.15, 0.2) is 0 Å². The monoisotopic (exact) mass is 352 g/mol. The van der Waals surface area contributed by atoms with E-state index in [2.05, 4.69) is 17.6 Å². The molecule has 0 heterocycles.